The van der Waals surface area contributed by atoms with Gasteiger partial charge in [0.2, 0.25) is 5.91 Å². The van der Waals surface area contributed by atoms with E-state index in [4.69, 9.17) is 0 Å². The van der Waals surface area contributed by atoms with Crippen molar-refractivity contribution in [2.45, 2.75) is 18.3 Å². The summed E-state index contributed by atoms with van der Waals surface area (Å²) in [4.78, 5) is 20.3. The molecule has 126 valence electrons. The van der Waals surface area contributed by atoms with Crippen molar-refractivity contribution in [1.29, 1.82) is 0 Å². The number of fused-ring (bicyclic) bond motifs is 3. The van der Waals surface area contributed by atoms with Crippen molar-refractivity contribution in [2.24, 2.45) is 0 Å². The highest BCUT2D eigenvalue weighted by Gasteiger charge is 2.27. The number of alkyl halides is 3. The van der Waals surface area contributed by atoms with Gasteiger partial charge in [-0.3, -0.25) is 4.79 Å². The predicted molar refractivity (Wildman–Crippen MR) is 82.8 cm³/mol. The molecule has 0 spiro atoms. The van der Waals surface area contributed by atoms with Crippen LogP contribution >= 0.6 is 11.8 Å². The van der Waals surface area contributed by atoms with Crippen molar-refractivity contribution in [3.63, 3.8) is 0 Å². The predicted octanol–water partition coefficient (Wildman–Crippen LogP) is 2.36. The highest BCUT2D eigenvalue weighted by Crippen LogP contribution is 2.23. The van der Waals surface area contributed by atoms with Gasteiger partial charge in [-0.15, -0.1) is 5.10 Å². The number of para-hydroxylation sites is 1. The van der Waals surface area contributed by atoms with E-state index in [1.54, 1.807) is 13.0 Å². The van der Waals surface area contributed by atoms with Crippen LogP contribution in [0.3, 0.4) is 0 Å². The van der Waals surface area contributed by atoms with Crippen molar-refractivity contribution >= 4 is 34.2 Å². The molecule has 2 heterocycles. The Kier molecular flexibility index (Phi) is 4.31. The summed E-state index contributed by atoms with van der Waals surface area (Å²) in [6.07, 6.45) is -4.43. The fourth-order valence-corrected chi connectivity index (χ4v) is 2.88. The van der Waals surface area contributed by atoms with Crippen LogP contribution < -0.4 is 5.32 Å². The smallest absolute Gasteiger partial charge is 0.346 e. The summed E-state index contributed by atoms with van der Waals surface area (Å²) in [6.45, 7) is 0.377. The molecule has 0 saturated carbocycles. The molecule has 1 amide bonds. The first kappa shape index (κ1) is 16.5. The molecule has 3 aromatic rings. The van der Waals surface area contributed by atoms with Gasteiger partial charge in [-0.25, -0.2) is 9.97 Å². The third-order valence-corrected chi connectivity index (χ3v) is 4.00. The molecule has 0 saturated heterocycles. The summed E-state index contributed by atoms with van der Waals surface area (Å²) in [7, 11) is 0. The number of hydrogen-bond acceptors (Lipinski definition) is 5. The van der Waals surface area contributed by atoms with Gasteiger partial charge >= 0.3 is 6.18 Å². The lowest BCUT2D eigenvalue weighted by molar-refractivity contribution is -0.136. The van der Waals surface area contributed by atoms with Crippen LogP contribution in [0.4, 0.5) is 13.2 Å². The fourth-order valence-electron chi connectivity index (χ4n) is 2.11. The second kappa shape index (κ2) is 6.27. The SMILES string of the molecule is Cc1nc2c3ccccc3nc(SCC(=O)NCC(F)(F)F)n2n1. The number of rotatable bonds is 4. The quantitative estimate of drug-likeness (QED) is 0.575. The van der Waals surface area contributed by atoms with Crippen LogP contribution in [0.25, 0.3) is 16.6 Å². The zero-order valence-electron chi connectivity index (χ0n) is 12.5. The number of hydrogen-bond donors (Lipinski definition) is 1. The van der Waals surface area contributed by atoms with E-state index >= 15 is 0 Å². The Hall–Kier alpha value is -2.36. The summed E-state index contributed by atoms with van der Waals surface area (Å²) >= 11 is 1.01. The van der Waals surface area contributed by atoms with Gasteiger partial charge in [0.25, 0.3) is 0 Å². The Bertz CT molecular complexity index is 908. The molecule has 0 unspecified atom stereocenters. The van der Waals surface area contributed by atoms with Crippen LogP contribution in [0.15, 0.2) is 29.4 Å². The molecule has 1 aromatic carbocycles. The van der Waals surface area contributed by atoms with Crippen molar-refractivity contribution in [3.8, 4) is 0 Å². The molecule has 0 fully saturated rings. The van der Waals surface area contributed by atoms with Gasteiger partial charge in [-0.2, -0.15) is 17.7 Å². The number of carbonyl (C=O) groups is 1. The second-order valence-corrected chi connectivity index (χ2v) is 5.93. The van der Waals surface area contributed by atoms with Crippen LogP contribution in [-0.4, -0.2) is 44.0 Å². The minimum atomic E-state index is -4.43. The summed E-state index contributed by atoms with van der Waals surface area (Å²) in [5.74, 6) is -0.385. The van der Waals surface area contributed by atoms with Gasteiger partial charge in [-0.1, -0.05) is 23.9 Å². The maximum atomic E-state index is 12.1. The maximum Gasteiger partial charge on any atom is 0.405 e. The second-order valence-electron chi connectivity index (χ2n) is 4.99. The highest BCUT2D eigenvalue weighted by atomic mass is 32.2. The van der Waals surface area contributed by atoms with Gasteiger partial charge in [0.1, 0.15) is 12.4 Å². The van der Waals surface area contributed by atoms with Crippen LogP contribution in [0.2, 0.25) is 0 Å². The standard InChI is InChI=1S/C14H12F3N5OS/c1-8-19-12-9-4-2-3-5-10(9)20-13(22(12)21-8)24-6-11(23)18-7-14(15,16)17/h2-5H,6-7H2,1H3,(H,18,23). The minimum absolute atomic E-state index is 0.199. The molecule has 2 aromatic heterocycles. The van der Waals surface area contributed by atoms with E-state index in [0.717, 1.165) is 17.1 Å². The van der Waals surface area contributed by atoms with Crippen molar-refractivity contribution < 1.29 is 18.0 Å². The zero-order valence-corrected chi connectivity index (χ0v) is 13.3. The average molecular weight is 355 g/mol. The Labute approximate surface area is 138 Å². The van der Waals surface area contributed by atoms with Crippen LogP contribution in [-0.2, 0) is 4.79 Å². The number of carbonyl (C=O) groups excluding carboxylic acids is 1. The Morgan fingerprint density at radius 1 is 1.29 bits per heavy atom. The van der Waals surface area contributed by atoms with Crippen LogP contribution in [0.5, 0.6) is 0 Å². The normalized spacial score (nSPS) is 12.0. The Morgan fingerprint density at radius 3 is 2.79 bits per heavy atom. The van der Waals surface area contributed by atoms with E-state index < -0.39 is 18.6 Å². The topological polar surface area (TPSA) is 72.2 Å². The van der Waals surface area contributed by atoms with Crippen molar-refractivity contribution in [2.75, 3.05) is 12.3 Å². The van der Waals surface area contributed by atoms with E-state index in [-0.39, 0.29) is 5.75 Å². The molecule has 0 atom stereocenters. The summed E-state index contributed by atoms with van der Waals surface area (Å²) < 4.78 is 37.8. The fraction of sp³-hybridized carbons (Fsp3) is 0.286. The first-order chi connectivity index (χ1) is 11.3. The molecule has 1 N–H and O–H groups in total. The number of thioether (sulfide) groups is 1. The van der Waals surface area contributed by atoms with Gasteiger partial charge < -0.3 is 5.32 Å². The molecule has 0 aliphatic rings. The average Bonchev–Trinajstić information content (AvgIpc) is 2.92. The first-order valence-electron chi connectivity index (χ1n) is 6.92. The molecule has 6 nitrogen and oxygen atoms in total. The first-order valence-corrected chi connectivity index (χ1v) is 7.90. The Morgan fingerprint density at radius 2 is 2.04 bits per heavy atom. The number of halogens is 3. The van der Waals surface area contributed by atoms with Gasteiger partial charge in [-0.05, 0) is 19.1 Å². The third-order valence-electron chi connectivity index (χ3n) is 3.07. The molecule has 3 rings (SSSR count). The van der Waals surface area contributed by atoms with E-state index in [2.05, 4.69) is 15.1 Å². The zero-order chi connectivity index (χ0) is 17.3. The van der Waals surface area contributed by atoms with E-state index in [0.29, 0.717) is 22.1 Å². The summed E-state index contributed by atoms with van der Waals surface area (Å²) in [5.41, 5.74) is 1.27. The van der Waals surface area contributed by atoms with Crippen molar-refractivity contribution in [1.82, 2.24) is 24.9 Å². The molecule has 0 bridgehead atoms. The molecular formula is C14H12F3N5OS. The third kappa shape index (κ3) is 3.58. The lowest BCUT2D eigenvalue weighted by atomic mass is 10.2. The monoisotopic (exact) mass is 355 g/mol. The van der Waals surface area contributed by atoms with E-state index in [1.807, 2.05) is 23.5 Å². The molecule has 0 aliphatic heterocycles. The van der Waals surface area contributed by atoms with Gasteiger partial charge in [0, 0.05) is 5.39 Å². The lowest BCUT2D eigenvalue weighted by Gasteiger charge is -2.08. The molecule has 24 heavy (non-hydrogen) atoms. The number of nitrogens with one attached hydrogen (secondary N) is 1. The van der Waals surface area contributed by atoms with E-state index in [1.165, 1.54) is 4.52 Å². The highest BCUT2D eigenvalue weighted by molar-refractivity contribution is 7.99. The minimum Gasteiger partial charge on any atom is -0.346 e. The molecule has 0 radical (unpaired) electrons. The molecule has 0 aliphatic carbocycles. The molecule has 10 heteroatoms. The van der Waals surface area contributed by atoms with Crippen molar-refractivity contribution in [3.05, 3.63) is 30.1 Å². The number of nitrogens with zero attached hydrogens (tertiary/aromatic N) is 4. The van der Waals surface area contributed by atoms with Crippen LogP contribution in [0, 0.1) is 6.92 Å². The van der Waals surface area contributed by atoms with Gasteiger partial charge in [0.05, 0.1) is 11.3 Å². The van der Waals surface area contributed by atoms with E-state index in [9.17, 15) is 18.0 Å². The summed E-state index contributed by atoms with van der Waals surface area (Å²) in [5, 5.41) is 7.27. The van der Waals surface area contributed by atoms with Gasteiger partial charge in [0.15, 0.2) is 10.8 Å². The number of amides is 1. The molecular weight excluding hydrogens is 343 g/mol. The van der Waals surface area contributed by atoms with Crippen LogP contribution in [0.1, 0.15) is 5.82 Å². The number of benzene rings is 1. The summed E-state index contributed by atoms with van der Waals surface area (Å²) in [6, 6.07) is 7.33. The lowest BCUT2D eigenvalue weighted by Crippen LogP contribution is -2.34. The Balaban J connectivity index is 1.84. The number of aromatic nitrogens is 4. The maximum absolute atomic E-state index is 12.1. The number of aryl methyl sites for hydroxylation is 1. The largest absolute Gasteiger partial charge is 0.405 e.